The number of amides is 1. The molecule has 2 aromatic rings. The van der Waals surface area contributed by atoms with Gasteiger partial charge < -0.3 is 20.5 Å². The predicted octanol–water partition coefficient (Wildman–Crippen LogP) is 2.61. The number of nitrogens with zero attached hydrogens (tertiary/aromatic N) is 1. The van der Waals surface area contributed by atoms with Gasteiger partial charge >= 0.3 is 0 Å². The molecule has 0 aliphatic heterocycles. The van der Waals surface area contributed by atoms with Crippen LogP contribution >= 0.6 is 11.3 Å². The number of aromatic nitrogens is 1. The maximum absolute atomic E-state index is 12.3. The molecule has 0 spiro atoms. The van der Waals surface area contributed by atoms with Gasteiger partial charge in [-0.3, -0.25) is 4.79 Å². The van der Waals surface area contributed by atoms with Crippen LogP contribution in [-0.2, 0) is 11.2 Å². The minimum absolute atomic E-state index is 0.0134. The number of ether oxygens (including phenoxy) is 2. The van der Waals surface area contributed by atoms with E-state index in [-0.39, 0.29) is 18.4 Å². The van der Waals surface area contributed by atoms with Crippen molar-refractivity contribution in [1.29, 1.82) is 0 Å². The predicted molar refractivity (Wildman–Crippen MR) is 103 cm³/mol. The highest BCUT2D eigenvalue weighted by Crippen LogP contribution is 2.33. The van der Waals surface area contributed by atoms with E-state index in [9.17, 15) is 4.79 Å². The summed E-state index contributed by atoms with van der Waals surface area (Å²) < 4.78 is 10.6. The van der Waals surface area contributed by atoms with Crippen LogP contribution in [0.5, 0.6) is 11.5 Å². The number of nitrogens with two attached hydrogens (primary N) is 1. The van der Waals surface area contributed by atoms with Crippen molar-refractivity contribution in [3.05, 3.63) is 29.3 Å². The molecular weight excluding hydrogens is 350 g/mol. The zero-order valence-corrected chi connectivity index (χ0v) is 16.0. The maximum atomic E-state index is 12.3. The van der Waals surface area contributed by atoms with Crippen LogP contribution in [0.2, 0.25) is 0 Å². The molecule has 1 aliphatic carbocycles. The van der Waals surface area contributed by atoms with Crippen molar-refractivity contribution >= 4 is 17.2 Å². The van der Waals surface area contributed by atoms with Gasteiger partial charge in [-0.25, -0.2) is 4.98 Å². The van der Waals surface area contributed by atoms with Gasteiger partial charge in [0.05, 0.1) is 26.3 Å². The molecule has 7 heteroatoms. The first-order valence-corrected chi connectivity index (χ1v) is 9.68. The topological polar surface area (TPSA) is 86.5 Å². The number of carbonyl (C=O) groups is 1. The number of carbonyl (C=O) groups excluding carboxylic acids is 1. The first-order chi connectivity index (χ1) is 12.6. The fourth-order valence-electron chi connectivity index (χ4n) is 3.42. The zero-order chi connectivity index (χ0) is 18.5. The van der Waals surface area contributed by atoms with E-state index in [4.69, 9.17) is 15.2 Å². The summed E-state index contributed by atoms with van der Waals surface area (Å²) in [6.45, 7) is 0.630. The van der Waals surface area contributed by atoms with Gasteiger partial charge in [0.2, 0.25) is 5.91 Å². The van der Waals surface area contributed by atoms with Crippen LogP contribution < -0.4 is 20.5 Å². The second-order valence-electron chi connectivity index (χ2n) is 6.49. The van der Waals surface area contributed by atoms with E-state index in [1.54, 1.807) is 14.2 Å². The van der Waals surface area contributed by atoms with Crippen LogP contribution in [0.3, 0.4) is 0 Å². The van der Waals surface area contributed by atoms with E-state index in [0.29, 0.717) is 24.0 Å². The molecule has 26 heavy (non-hydrogen) atoms. The van der Waals surface area contributed by atoms with Crippen LogP contribution in [0.4, 0.5) is 0 Å². The monoisotopic (exact) mass is 375 g/mol. The van der Waals surface area contributed by atoms with Gasteiger partial charge in [0.15, 0.2) is 11.5 Å². The molecule has 3 rings (SSSR count). The van der Waals surface area contributed by atoms with Gasteiger partial charge in [0.1, 0.15) is 5.01 Å². The van der Waals surface area contributed by atoms with Crippen molar-refractivity contribution in [1.82, 2.24) is 10.3 Å². The number of nitrogens with one attached hydrogen (secondary N) is 1. The summed E-state index contributed by atoms with van der Waals surface area (Å²) >= 11 is 1.52. The molecule has 1 saturated carbocycles. The number of benzene rings is 1. The summed E-state index contributed by atoms with van der Waals surface area (Å²) in [6.07, 6.45) is 3.54. The Morgan fingerprint density at radius 2 is 2.12 bits per heavy atom. The normalized spacial score (nSPS) is 19.3. The minimum Gasteiger partial charge on any atom is -0.493 e. The van der Waals surface area contributed by atoms with E-state index in [2.05, 4.69) is 10.3 Å². The van der Waals surface area contributed by atoms with E-state index in [1.165, 1.54) is 11.3 Å². The lowest BCUT2D eigenvalue weighted by Gasteiger charge is -2.19. The molecule has 6 nitrogen and oxygen atoms in total. The summed E-state index contributed by atoms with van der Waals surface area (Å²) in [5.41, 5.74) is 7.50. The van der Waals surface area contributed by atoms with Crippen LogP contribution in [-0.4, -0.2) is 37.7 Å². The lowest BCUT2D eigenvalue weighted by atomic mass is 10.0. The summed E-state index contributed by atoms with van der Waals surface area (Å²) in [4.78, 5) is 16.9. The number of methoxy groups -OCH3 is 2. The van der Waals surface area contributed by atoms with Crippen molar-refractivity contribution in [2.45, 2.75) is 31.7 Å². The number of rotatable bonds is 7. The minimum atomic E-state index is 0.0134. The van der Waals surface area contributed by atoms with Crippen LogP contribution in [0.15, 0.2) is 23.6 Å². The van der Waals surface area contributed by atoms with E-state index in [1.807, 2.05) is 23.6 Å². The SMILES string of the molecule is COc1ccc(-c2nc(CC(=O)NC3CCCC3CN)cs2)cc1OC. The Balaban J connectivity index is 1.65. The highest BCUT2D eigenvalue weighted by atomic mass is 32.1. The Labute approximate surface area is 157 Å². The van der Waals surface area contributed by atoms with Crippen LogP contribution in [0.25, 0.3) is 10.6 Å². The highest BCUT2D eigenvalue weighted by Gasteiger charge is 2.27. The highest BCUT2D eigenvalue weighted by molar-refractivity contribution is 7.13. The first-order valence-electron chi connectivity index (χ1n) is 8.80. The second-order valence-corrected chi connectivity index (χ2v) is 7.35. The molecule has 1 heterocycles. The fourth-order valence-corrected chi connectivity index (χ4v) is 4.24. The molecular formula is C19H25N3O3S. The van der Waals surface area contributed by atoms with Gasteiger partial charge in [0.25, 0.3) is 0 Å². The van der Waals surface area contributed by atoms with E-state index < -0.39 is 0 Å². The number of hydrogen-bond donors (Lipinski definition) is 2. The van der Waals surface area contributed by atoms with Crippen LogP contribution in [0.1, 0.15) is 25.0 Å². The lowest BCUT2D eigenvalue weighted by Crippen LogP contribution is -2.40. The Bertz CT molecular complexity index is 762. The molecule has 1 aromatic carbocycles. The van der Waals surface area contributed by atoms with Crippen molar-refractivity contribution in [2.24, 2.45) is 11.7 Å². The Kier molecular flexibility index (Phi) is 6.11. The molecule has 0 bridgehead atoms. The maximum Gasteiger partial charge on any atom is 0.226 e. The van der Waals surface area contributed by atoms with E-state index in [0.717, 1.165) is 35.5 Å². The second kappa shape index (κ2) is 8.51. The average Bonchev–Trinajstić information content (AvgIpc) is 3.30. The molecule has 0 radical (unpaired) electrons. The molecule has 2 unspecified atom stereocenters. The van der Waals surface area contributed by atoms with Gasteiger partial charge in [0, 0.05) is 17.0 Å². The van der Waals surface area contributed by atoms with Gasteiger partial charge in [-0.05, 0) is 43.5 Å². The van der Waals surface area contributed by atoms with Crippen molar-refractivity contribution in [3.8, 4) is 22.1 Å². The molecule has 3 N–H and O–H groups in total. The lowest BCUT2D eigenvalue weighted by molar-refractivity contribution is -0.121. The summed E-state index contributed by atoms with van der Waals surface area (Å²) in [5.74, 6) is 1.75. The fraction of sp³-hybridized carbons (Fsp3) is 0.474. The third-order valence-corrected chi connectivity index (χ3v) is 5.77. The standard InChI is InChI=1S/C19H25N3O3S/c1-24-16-7-6-12(8-17(16)25-2)19-21-14(11-26-19)9-18(23)22-15-5-3-4-13(15)10-20/h6-8,11,13,15H,3-5,9-10,20H2,1-2H3,(H,22,23). The Hall–Kier alpha value is -2.12. The molecule has 1 aromatic heterocycles. The Morgan fingerprint density at radius 3 is 2.85 bits per heavy atom. The molecule has 1 aliphatic rings. The van der Waals surface area contributed by atoms with E-state index >= 15 is 0 Å². The number of hydrogen-bond acceptors (Lipinski definition) is 6. The van der Waals surface area contributed by atoms with Crippen molar-refractivity contribution < 1.29 is 14.3 Å². The average molecular weight is 375 g/mol. The van der Waals surface area contributed by atoms with Crippen molar-refractivity contribution in [2.75, 3.05) is 20.8 Å². The zero-order valence-electron chi connectivity index (χ0n) is 15.2. The summed E-state index contributed by atoms with van der Waals surface area (Å²) in [6, 6.07) is 5.89. The molecule has 140 valence electrons. The third kappa shape index (κ3) is 4.16. The molecule has 1 fully saturated rings. The first kappa shape index (κ1) is 18.7. The van der Waals surface area contributed by atoms with Gasteiger partial charge in [-0.1, -0.05) is 6.42 Å². The molecule has 0 saturated heterocycles. The Morgan fingerprint density at radius 1 is 1.31 bits per heavy atom. The van der Waals surface area contributed by atoms with Gasteiger partial charge in [-0.2, -0.15) is 0 Å². The third-order valence-electron chi connectivity index (χ3n) is 4.83. The summed E-state index contributed by atoms with van der Waals surface area (Å²) in [5, 5.41) is 5.91. The number of thiazole rings is 1. The van der Waals surface area contributed by atoms with Crippen LogP contribution in [0, 0.1) is 5.92 Å². The largest absolute Gasteiger partial charge is 0.493 e. The summed E-state index contributed by atoms with van der Waals surface area (Å²) in [7, 11) is 3.22. The smallest absolute Gasteiger partial charge is 0.226 e. The van der Waals surface area contributed by atoms with Crippen molar-refractivity contribution in [3.63, 3.8) is 0 Å². The molecule has 2 atom stereocenters. The quantitative estimate of drug-likeness (QED) is 0.777. The molecule has 1 amide bonds. The van der Waals surface area contributed by atoms with Gasteiger partial charge in [-0.15, -0.1) is 11.3 Å².